The van der Waals surface area contributed by atoms with Gasteiger partial charge in [-0.1, -0.05) is 11.6 Å². The van der Waals surface area contributed by atoms with E-state index in [1.54, 1.807) is 0 Å². The number of hydrogen-bond donors (Lipinski definition) is 1. The maximum Gasteiger partial charge on any atom is 0.433 e. The Balaban J connectivity index is 0.000000437. The SMILES string of the molecule is FC(F)(F)c1ncnc2c1CCNC2.FCCl. The van der Waals surface area contributed by atoms with Gasteiger partial charge in [-0.15, -0.1) is 0 Å². The van der Waals surface area contributed by atoms with Gasteiger partial charge >= 0.3 is 6.18 Å². The number of alkyl halides is 5. The largest absolute Gasteiger partial charge is 0.433 e. The summed E-state index contributed by atoms with van der Waals surface area (Å²) in [5.74, 6) is 0. The zero-order valence-corrected chi connectivity index (χ0v) is 9.45. The van der Waals surface area contributed by atoms with E-state index in [0.29, 0.717) is 25.2 Å². The molecule has 0 fully saturated rings. The molecule has 0 saturated carbocycles. The molecule has 0 unspecified atom stereocenters. The van der Waals surface area contributed by atoms with Crippen molar-refractivity contribution in [2.45, 2.75) is 19.1 Å². The Morgan fingerprint density at radius 1 is 1.35 bits per heavy atom. The molecule has 96 valence electrons. The van der Waals surface area contributed by atoms with Crippen LogP contribution in [0.1, 0.15) is 17.0 Å². The lowest BCUT2D eigenvalue weighted by atomic mass is 10.0. The first-order valence-corrected chi connectivity index (χ1v) is 5.26. The van der Waals surface area contributed by atoms with Crippen molar-refractivity contribution in [1.82, 2.24) is 15.3 Å². The standard InChI is InChI=1S/C8H8F3N3.CH2ClF/c9-8(10,11)7-5-1-2-12-3-6(5)13-4-14-7;2-1-3/h4,12H,1-3H2;1H2. The summed E-state index contributed by atoms with van der Waals surface area (Å²) < 4.78 is 47.5. The number of rotatable bonds is 0. The van der Waals surface area contributed by atoms with Gasteiger partial charge in [0.1, 0.15) is 6.33 Å². The van der Waals surface area contributed by atoms with Crippen molar-refractivity contribution in [3.8, 4) is 0 Å². The number of halogens is 5. The summed E-state index contributed by atoms with van der Waals surface area (Å²) in [5.41, 5.74) is -0.0960. The van der Waals surface area contributed by atoms with E-state index in [1.807, 2.05) is 0 Å². The van der Waals surface area contributed by atoms with E-state index in [-0.39, 0.29) is 5.56 Å². The van der Waals surface area contributed by atoms with E-state index in [4.69, 9.17) is 0 Å². The molecule has 1 aliphatic heterocycles. The van der Waals surface area contributed by atoms with Crippen LogP contribution in [0.15, 0.2) is 6.33 Å². The van der Waals surface area contributed by atoms with Crippen molar-refractivity contribution < 1.29 is 17.6 Å². The van der Waals surface area contributed by atoms with Crippen LogP contribution in [0.4, 0.5) is 17.6 Å². The van der Waals surface area contributed by atoms with E-state index in [9.17, 15) is 17.6 Å². The van der Waals surface area contributed by atoms with E-state index < -0.39 is 18.0 Å². The van der Waals surface area contributed by atoms with Gasteiger partial charge in [-0.2, -0.15) is 13.2 Å². The summed E-state index contributed by atoms with van der Waals surface area (Å²) in [6, 6.07) is 0. The summed E-state index contributed by atoms with van der Waals surface area (Å²) in [4.78, 5) is 7.12. The molecular formula is C9H10ClF4N3. The topological polar surface area (TPSA) is 37.8 Å². The number of aromatic nitrogens is 2. The fraction of sp³-hybridized carbons (Fsp3) is 0.556. The van der Waals surface area contributed by atoms with E-state index >= 15 is 0 Å². The second-order valence-electron chi connectivity index (χ2n) is 3.17. The molecule has 17 heavy (non-hydrogen) atoms. The average Bonchev–Trinajstić information content (AvgIpc) is 2.28. The van der Waals surface area contributed by atoms with Crippen molar-refractivity contribution in [2.24, 2.45) is 0 Å². The Labute approximate surface area is 100 Å². The van der Waals surface area contributed by atoms with E-state index in [2.05, 4.69) is 26.9 Å². The van der Waals surface area contributed by atoms with E-state index in [1.165, 1.54) is 0 Å². The molecule has 0 bridgehead atoms. The van der Waals surface area contributed by atoms with Crippen LogP contribution >= 0.6 is 11.6 Å². The first kappa shape index (κ1) is 14.1. The first-order chi connectivity index (χ1) is 8.00. The van der Waals surface area contributed by atoms with Crippen LogP contribution in [0.25, 0.3) is 0 Å². The van der Waals surface area contributed by atoms with Gasteiger partial charge in [-0.05, 0) is 13.0 Å². The minimum absolute atomic E-state index is 0.235. The molecule has 0 amide bonds. The van der Waals surface area contributed by atoms with Gasteiger partial charge in [0.15, 0.2) is 11.8 Å². The molecule has 0 aliphatic carbocycles. The Morgan fingerprint density at radius 2 is 2.00 bits per heavy atom. The molecule has 0 radical (unpaired) electrons. The molecular weight excluding hydrogens is 262 g/mol. The first-order valence-electron chi connectivity index (χ1n) is 4.73. The van der Waals surface area contributed by atoms with Crippen LogP contribution < -0.4 is 5.32 Å². The Bertz CT molecular complexity index is 370. The molecule has 0 saturated heterocycles. The molecule has 0 aromatic carbocycles. The van der Waals surface area contributed by atoms with Crippen molar-refractivity contribution in [3.05, 3.63) is 23.3 Å². The molecule has 8 heteroatoms. The van der Waals surface area contributed by atoms with Gasteiger partial charge in [0.25, 0.3) is 0 Å². The van der Waals surface area contributed by atoms with E-state index in [0.717, 1.165) is 6.33 Å². The second kappa shape index (κ2) is 6.11. The average molecular weight is 272 g/mol. The highest BCUT2D eigenvalue weighted by Crippen LogP contribution is 2.31. The van der Waals surface area contributed by atoms with Gasteiger partial charge in [0.2, 0.25) is 0 Å². The summed E-state index contributed by atoms with van der Waals surface area (Å²) in [6.45, 7) is 0.935. The number of fused-ring (bicyclic) bond motifs is 1. The normalized spacial score (nSPS) is 14.6. The smallest absolute Gasteiger partial charge is 0.311 e. The predicted molar refractivity (Wildman–Crippen MR) is 54.3 cm³/mol. The van der Waals surface area contributed by atoms with Crippen LogP contribution in [0.3, 0.4) is 0 Å². The highest BCUT2D eigenvalue weighted by Gasteiger charge is 2.36. The lowest BCUT2D eigenvalue weighted by Crippen LogP contribution is -2.28. The number of hydrogen-bond acceptors (Lipinski definition) is 3. The van der Waals surface area contributed by atoms with Gasteiger partial charge in [-0.25, -0.2) is 14.4 Å². The zero-order chi connectivity index (χ0) is 12.9. The minimum Gasteiger partial charge on any atom is -0.311 e. The highest BCUT2D eigenvalue weighted by atomic mass is 35.5. The maximum absolute atomic E-state index is 12.5. The summed E-state index contributed by atoms with van der Waals surface area (Å²) in [5, 5.41) is 2.96. The quantitative estimate of drug-likeness (QED) is 0.581. The third kappa shape index (κ3) is 3.78. The third-order valence-corrected chi connectivity index (χ3v) is 2.15. The molecule has 2 rings (SSSR count). The van der Waals surface area contributed by atoms with Crippen molar-refractivity contribution in [2.75, 3.05) is 12.7 Å². The minimum atomic E-state index is -4.37. The summed E-state index contributed by atoms with van der Waals surface area (Å²) >= 11 is 4.33. The molecule has 2 heterocycles. The Morgan fingerprint density at radius 3 is 2.59 bits per heavy atom. The maximum atomic E-state index is 12.5. The van der Waals surface area contributed by atoms with Crippen LogP contribution in [0, 0.1) is 0 Å². The van der Waals surface area contributed by atoms with Crippen LogP contribution in [0.5, 0.6) is 0 Å². The predicted octanol–water partition coefficient (Wildman–Crippen LogP) is 2.29. The Kier molecular flexibility index (Phi) is 5.07. The van der Waals surface area contributed by atoms with Gasteiger partial charge in [0.05, 0.1) is 5.69 Å². The Hall–Kier alpha value is -0.950. The molecule has 0 atom stereocenters. The van der Waals surface area contributed by atoms with Gasteiger partial charge in [-0.3, -0.25) is 0 Å². The van der Waals surface area contributed by atoms with Crippen LogP contribution in [0.2, 0.25) is 0 Å². The number of nitrogens with zero attached hydrogens (tertiary/aromatic N) is 2. The van der Waals surface area contributed by atoms with Crippen LogP contribution in [-0.2, 0) is 19.1 Å². The summed E-state index contributed by atoms with van der Waals surface area (Å²) in [7, 11) is 0. The van der Waals surface area contributed by atoms with Crippen molar-refractivity contribution in [3.63, 3.8) is 0 Å². The lowest BCUT2D eigenvalue weighted by molar-refractivity contribution is -0.142. The van der Waals surface area contributed by atoms with Gasteiger partial charge in [0, 0.05) is 12.1 Å². The highest BCUT2D eigenvalue weighted by molar-refractivity contribution is 6.16. The van der Waals surface area contributed by atoms with Crippen LogP contribution in [-0.4, -0.2) is 22.6 Å². The molecule has 0 spiro atoms. The zero-order valence-electron chi connectivity index (χ0n) is 8.69. The molecule has 3 nitrogen and oxygen atoms in total. The summed E-state index contributed by atoms with van der Waals surface area (Å²) in [6.07, 6.45) is -3.84. The molecule has 1 aromatic heterocycles. The van der Waals surface area contributed by atoms with Crippen molar-refractivity contribution in [1.29, 1.82) is 0 Å². The third-order valence-electron chi connectivity index (χ3n) is 2.15. The molecule has 1 N–H and O–H groups in total. The molecule has 1 aromatic rings. The monoisotopic (exact) mass is 271 g/mol. The fourth-order valence-electron chi connectivity index (χ4n) is 1.53. The lowest BCUT2D eigenvalue weighted by Gasteiger charge is -2.19. The molecule has 1 aliphatic rings. The number of nitrogens with one attached hydrogen (secondary N) is 1. The van der Waals surface area contributed by atoms with Crippen molar-refractivity contribution >= 4 is 11.6 Å². The van der Waals surface area contributed by atoms with Gasteiger partial charge < -0.3 is 5.32 Å². The second-order valence-corrected chi connectivity index (χ2v) is 3.38. The fourth-order valence-corrected chi connectivity index (χ4v) is 1.53.